The van der Waals surface area contributed by atoms with Gasteiger partial charge in [-0.15, -0.1) is 0 Å². The number of hydrogen-bond donors (Lipinski definition) is 0. The number of carbonyl (C=O) groups is 2. The molecule has 3 aromatic rings. The third-order valence-corrected chi connectivity index (χ3v) is 4.40. The van der Waals surface area contributed by atoms with E-state index in [9.17, 15) is 9.59 Å². The van der Waals surface area contributed by atoms with Crippen LogP contribution in [-0.4, -0.2) is 24.6 Å². The highest BCUT2D eigenvalue weighted by Gasteiger charge is 2.28. The standard InChI is InChI=1S/C22H18ClNO3/c1-2-27-22(26)19(21(25)18-9-5-6-10-20(18)23)14-24-17-12-11-15-7-3-4-8-16(15)13-17/h3-14,19H,2H2,1H3. The summed E-state index contributed by atoms with van der Waals surface area (Å²) in [4.78, 5) is 29.5. The molecule has 0 aliphatic heterocycles. The number of carbonyl (C=O) groups excluding carboxylic acids is 2. The summed E-state index contributed by atoms with van der Waals surface area (Å²) in [7, 11) is 0. The topological polar surface area (TPSA) is 55.7 Å². The number of Topliss-reactive ketones (excluding diaryl/α,β-unsaturated/α-hetero) is 1. The predicted molar refractivity (Wildman–Crippen MR) is 108 cm³/mol. The first-order chi connectivity index (χ1) is 13.1. The van der Waals surface area contributed by atoms with E-state index < -0.39 is 17.7 Å². The second-order valence-corrected chi connectivity index (χ2v) is 6.29. The lowest BCUT2D eigenvalue weighted by molar-refractivity contribution is -0.143. The van der Waals surface area contributed by atoms with Crippen LogP contribution in [0.15, 0.2) is 71.7 Å². The maximum absolute atomic E-state index is 12.8. The zero-order chi connectivity index (χ0) is 19.2. The zero-order valence-electron chi connectivity index (χ0n) is 14.8. The number of fused-ring (bicyclic) bond motifs is 1. The van der Waals surface area contributed by atoms with Gasteiger partial charge in [-0.1, -0.05) is 54.1 Å². The fraction of sp³-hybridized carbons (Fsp3) is 0.136. The number of nitrogens with zero attached hydrogens (tertiary/aromatic N) is 1. The Bertz CT molecular complexity index is 1010. The van der Waals surface area contributed by atoms with Gasteiger partial charge in [-0.3, -0.25) is 14.6 Å². The molecular formula is C22H18ClNO3. The van der Waals surface area contributed by atoms with E-state index in [1.165, 1.54) is 6.21 Å². The Labute approximate surface area is 162 Å². The molecule has 0 saturated heterocycles. The second kappa shape index (κ2) is 8.60. The fourth-order valence-electron chi connectivity index (χ4n) is 2.71. The fourth-order valence-corrected chi connectivity index (χ4v) is 2.94. The van der Waals surface area contributed by atoms with Gasteiger partial charge in [0.05, 0.1) is 17.3 Å². The van der Waals surface area contributed by atoms with E-state index in [-0.39, 0.29) is 17.2 Å². The first-order valence-electron chi connectivity index (χ1n) is 8.58. The van der Waals surface area contributed by atoms with Gasteiger partial charge in [-0.25, -0.2) is 0 Å². The molecule has 0 amide bonds. The summed E-state index contributed by atoms with van der Waals surface area (Å²) >= 11 is 6.11. The minimum absolute atomic E-state index is 0.176. The molecule has 27 heavy (non-hydrogen) atoms. The van der Waals surface area contributed by atoms with Crippen LogP contribution in [0.3, 0.4) is 0 Å². The minimum Gasteiger partial charge on any atom is -0.465 e. The molecule has 0 bridgehead atoms. The molecule has 0 heterocycles. The van der Waals surface area contributed by atoms with Gasteiger partial charge < -0.3 is 4.74 Å². The molecule has 0 aliphatic carbocycles. The van der Waals surface area contributed by atoms with Crippen LogP contribution in [0.5, 0.6) is 0 Å². The molecule has 0 aliphatic rings. The van der Waals surface area contributed by atoms with Crippen LogP contribution in [-0.2, 0) is 9.53 Å². The van der Waals surface area contributed by atoms with Gasteiger partial charge >= 0.3 is 5.97 Å². The zero-order valence-corrected chi connectivity index (χ0v) is 15.5. The lowest BCUT2D eigenvalue weighted by Crippen LogP contribution is -2.28. The third-order valence-electron chi connectivity index (χ3n) is 4.07. The Morgan fingerprint density at radius 2 is 1.74 bits per heavy atom. The van der Waals surface area contributed by atoms with Crippen molar-refractivity contribution in [1.82, 2.24) is 0 Å². The number of rotatable bonds is 6. The molecule has 1 unspecified atom stereocenters. The van der Waals surface area contributed by atoms with Crippen molar-refractivity contribution in [3.63, 3.8) is 0 Å². The highest BCUT2D eigenvalue weighted by atomic mass is 35.5. The molecular weight excluding hydrogens is 362 g/mol. The van der Waals surface area contributed by atoms with E-state index in [2.05, 4.69) is 4.99 Å². The van der Waals surface area contributed by atoms with Crippen molar-refractivity contribution >= 4 is 46.0 Å². The molecule has 3 aromatic carbocycles. The molecule has 0 spiro atoms. The summed E-state index contributed by atoms with van der Waals surface area (Å²) in [5.74, 6) is -2.24. The van der Waals surface area contributed by atoms with Crippen LogP contribution in [0.25, 0.3) is 10.8 Å². The van der Waals surface area contributed by atoms with Crippen molar-refractivity contribution in [2.24, 2.45) is 10.9 Å². The molecule has 4 nitrogen and oxygen atoms in total. The second-order valence-electron chi connectivity index (χ2n) is 5.88. The first-order valence-corrected chi connectivity index (χ1v) is 8.96. The molecule has 0 aromatic heterocycles. The lowest BCUT2D eigenvalue weighted by atomic mass is 9.98. The summed E-state index contributed by atoms with van der Waals surface area (Å²) in [6.45, 7) is 1.87. The van der Waals surface area contributed by atoms with Crippen molar-refractivity contribution < 1.29 is 14.3 Å². The number of esters is 1. The van der Waals surface area contributed by atoms with Gasteiger partial charge in [-0.05, 0) is 42.0 Å². The smallest absolute Gasteiger partial charge is 0.322 e. The van der Waals surface area contributed by atoms with E-state index in [0.717, 1.165) is 10.8 Å². The SMILES string of the molecule is CCOC(=O)C(C=Nc1ccc2ccccc2c1)C(=O)c1ccccc1Cl. The molecule has 0 fully saturated rings. The van der Waals surface area contributed by atoms with Gasteiger partial charge in [0.15, 0.2) is 11.7 Å². The highest BCUT2D eigenvalue weighted by molar-refractivity contribution is 6.35. The number of ketones is 1. The van der Waals surface area contributed by atoms with Crippen molar-refractivity contribution in [3.05, 3.63) is 77.3 Å². The van der Waals surface area contributed by atoms with Gasteiger partial charge in [0.2, 0.25) is 0 Å². The summed E-state index contributed by atoms with van der Waals surface area (Å²) in [5, 5.41) is 2.40. The monoisotopic (exact) mass is 379 g/mol. The van der Waals surface area contributed by atoms with Crippen molar-refractivity contribution in [1.29, 1.82) is 0 Å². The van der Waals surface area contributed by atoms with Gasteiger partial charge in [-0.2, -0.15) is 0 Å². The maximum Gasteiger partial charge on any atom is 0.322 e. The van der Waals surface area contributed by atoms with Crippen LogP contribution in [0.2, 0.25) is 5.02 Å². The number of halogens is 1. The van der Waals surface area contributed by atoms with Crippen LogP contribution in [0.1, 0.15) is 17.3 Å². The normalized spacial score (nSPS) is 12.2. The molecule has 0 N–H and O–H groups in total. The average Bonchev–Trinajstić information content (AvgIpc) is 2.68. The van der Waals surface area contributed by atoms with E-state index in [1.54, 1.807) is 31.2 Å². The molecule has 0 radical (unpaired) electrons. The largest absolute Gasteiger partial charge is 0.465 e. The molecule has 0 saturated carbocycles. The Kier molecular flexibility index (Phi) is 5.99. The van der Waals surface area contributed by atoms with Gasteiger partial charge in [0.1, 0.15) is 0 Å². The quantitative estimate of drug-likeness (QED) is 0.254. The number of ether oxygens (including phenoxy) is 1. The predicted octanol–water partition coefficient (Wildman–Crippen LogP) is 5.26. The van der Waals surface area contributed by atoms with Gasteiger partial charge in [0, 0.05) is 11.8 Å². The summed E-state index contributed by atoms with van der Waals surface area (Å²) in [6.07, 6.45) is 1.33. The van der Waals surface area contributed by atoms with Crippen molar-refractivity contribution in [3.8, 4) is 0 Å². The van der Waals surface area contributed by atoms with E-state index in [0.29, 0.717) is 5.69 Å². The van der Waals surface area contributed by atoms with E-state index in [4.69, 9.17) is 16.3 Å². The lowest BCUT2D eigenvalue weighted by Gasteiger charge is -2.11. The molecule has 136 valence electrons. The highest BCUT2D eigenvalue weighted by Crippen LogP contribution is 2.23. The Morgan fingerprint density at radius 1 is 1.04 bits per heavy atom. The Hall–Kier alpha value is -2.98. The third kappa shape index (κ3) is 4.41. The number of aliphatic imine (C=N–C) groups is 1. The van der Waals surface area contributed by atoms with Crippen LogP contribution in [0.4, 0.5) is 5.69 Å². The average molecular weight is 380 g/mol. The minimum atomic E-state index is -1.16. The number of hydrogen-bond acceptors (Lipinski definition) is 4. The number of benzene rings is 3. The molecule has 5 heteroatoms. The van der Waals surface area contributed by atoms with Crippen LogP contribution < -0.4 is 0 Å². The summed E-state index contributed by atoms with van der Waals surface area (Å²) in [5.41, 5.74) is 0.914. The maximum atomic E-state index is 12.8. The van der Waals surface area contributed by atoms with E-state index >= 15 is 0 Å². The van der Waals surface area contributed by atoms with E-state index in [1.807, 2.05) is 42.5 Å². The Balaban J connectivity index is 1.92. The van der Waals surface area contributed by atoms with Gasteiger partial charge in [0.25, 0.3) is 0 Å². The van der Waals surface area contributed by atoms with Crippen molar-refractivity contribution in [2.45, 2.75) is 6.92 Å². The van der Waals surface area contributed by atoms with Crippen molar-refractivity contribution in [2.75, 3.05) is 6.61 Å². The molecule has 3 rings (SSSR count). The Morgan fingerprint density at radius 3 is 2.48 bits per heavy atom. The summed E-state index contributed by atoms with van der Waals surface area (Å²) < 4.78 is 5.05. The molecule has 1 atom stereocenters. The summed E-state index contributed by atoms with van der Waals surface area (Å²) in [6, 6.07) is 20.2. The van der Waals surface area contributed by atoms with Crippen LogP contribution in [0, 0.1) is 5.92 Å². The van der Waals surface area contributed by atoms with Crippen LogP contribution >= 0.6 is 11.6 Å². The first kappa shape index (κ1) is 18.8.